The average molecular weight is 530 g/mol. The van der Waals surface area contributed by atoms with Gasteiger partial charge in [0.05, 0.1) is 17.7 Å². The van der Waals surface area contributed by atoms with Gasteiger partial charge in [0.2, 0.25) is 0 Å². The number of halogens is 4. The van der Waals surface area contributed by atoms with Crippen LogP contribution < -0.4 is 4.90 Å². The normalized spacial score (nSPS) is 20.8. The number of nitrogens with zero attached hydrogens (tertiary/aromatic N) is 5. The Morgan fingerprint density at radius 2 is 1.89 bits per heavy atom. The molecule has 2 aliphatic heterocycles. The molecule has 1 aromatic heterocycles. The van der Waals surface area contributed by atoms with Crippen molar-refractivity contribution in [1.82, 2.24) is 19.7 Å². The fourth-order valence-electron chi connectivity index (χ4n) is 5.88. The first kappa shape index (κ1) is 25.0. The third kappa shape index (κ3) is 4.08. The van der Waals surface area contributed by atoms with Gasteiger partial charge in [-0.25, -0.2) is 4.39 Å². The maximum atomic E-state index is 15.6. The Hall–Kier alpha value is -3.31. The molecule has 0 unspecified atom stereocenters. The van der Waals surface area contributed by atoms with Crippen molar-refractivity contribution in [1.29, 1.82) is 0 Å². The van der Waals surface area contributed by atoms with Gasteiger partial charge in [-0.05, 0) is 60.7 Å². The molecule has 200 valence electrons. The summed E-state index contributed by atoms with van der Waals surface area (Å²) in [6.45, 7) is 2.36. The molecule has 11 heteroatoms. The van der Waals surface area contributed by atoms with Crippen LogP contribution in [0.15, 0.2) is 42.7 Å². The highest BCUT2D eigenvalue weighted by Crippen LogP contribution is 2.58. The molecule has 1 amide bonds. The first-order valence-electron chi connectivity index (χ1n) is 12.5. The summed E-state index contributed by atoms with van der Waals surface area (Å²) in [6, 6.07) is 9.49. The number of hydrogen-bond acceptors (Lipinski definition) is 5. The van der Waals surface area contributed by atoms with Gasteiger partial charge in [0.25, 0.3) is 5.91 Å². The van der Waals surface area contributed by atoms with Crippen molar-refractivity contribution in [2.75, 3.05) is 18.0 Å². The summed E-state index contributed by atoms with van der Waals surface area (Å²) < 4.78 is 59.4. The number of fused-ring (bicyclic) bond motifs is 1. The fourth-order valence-corrected chi connectivity index (χ4v) is 5.88. The van der Waals surface area contributed by atoms with E-state index in [1.54, 1.807) is 38.2 Å². The van der Waals surface area contributed by atoms with Gasteiger partial charge < -0.3 is 14.6 Å². The summed E-state index contributed by atoms with van der Waals surface area (Å²) in [4.78, 5) is 16.6. The zero-order valence-corrected chi connectivity index (χ0v) is 21.0. The van der Waals surface area contributed by atoms with Crippen LogP contribution in [-0.4, -0.2) is 49.4 Å². The maximum Gasteiger partial charge on any atom is 0.416 e. The van der Waals surface area contributed by atoms with E-state index >= 15 is 4.39 Å². The number of benzene rings is 2. The number of likely N-dealkylation sites (tertiary alicyclic amines) is 1. The van der Waals surface area contributed by atoms with Gasteiger partial charge in [0.15, 0.2) is 12.0 Å². The molecule has 3 heterocycles. The van der Waals surface area contributed by atoms with Crippen LogP contribution in [-0.2, 0) is 31.7 Å². The van der Waals surface area contributed by atoms with Crippen LogP contribution in [0.4, 0.5) is 23.2 Å². The van der Waals surface area contributed by atoms with Crippen molar-refractivity contribution < 1.29 is 27.5 Å². The van der Waals surface area contributed by atoms with Crippen molar-refractivity contribution in [3.63, 3.8) is 0 Å². The van der Waals surface area contributed by atoms with Gasteiger partial charge in [0, 0.05) is 43.3 Å². The topological polar surface area (TPSA) is 74.5 Å². The number of carbonyl (C=O) groups is 1. The molecule has 1 N–H and O–H groups in total. The van der Waals surface area contributed by atoms with Gasteiger partial charge in [-0.1, -0.05) is 12.1 Å². The van der Waals surface area contributed by atoms with Gasteiger partial charge in [-0.3, -0.25) is 9.69 Å². The lowest BCUT2D eigenvalue weighted by atomic mass is 9.90. The Balaban J connectivity index is 1.31. The highest BCUT2D eigenvalue weighted by atomic mass is 19.4. The van der Waals surface area contributed by atoms with E-state index in [0.29, 0.717) is 42.7 Å². The quantitative estimate of drug-likeness (QED) is 0.482. The van der Waals surface area contributed by atoms with E-state index in [1.807, 2.05) is 4.90 Å². The predicted molar refractivity (Wildman–Crippen MR) is 130 cm³/mol. The lowest BCUT2D eigenvalue weighted by Gasteiger charge is -2.44. The Kier molecular flexibility index (Phi) is 5.49. The smallest absolute Gasteiger partial charge is 0.388 e. The monoisotopic (exact) mass is 529 g/mol. The third-order valence-corrected chi connectivity index (χ3v) is 7.92. The molecule has 6 rings (SSSR count). The molecular weight excluding hydrogens is 502 g/mol. The number of amides is 1. The molecule has 2 fully saturated rings. The van der Waals surface area contributed by atoms with Crippen molar-refractivity contribution in [3.8, 4) is 0 Å². The number of β-amino-alcohol motifs (C(OH)–C–C–N with tert-alkyl or cyclic N) is 1. The molecular formula is C27H27F4N5O2. The molecule has 7 nitrogen and oxygen atoms in total. The van der Waals surface area contributed by atoms with Gasteiger partial charge in [0.1, 0.15) is 6.33 Å². The SMILES string of the molecule is Cn1cnnc1[C@@H](F)C1(c2cccc(N3Cc4c(cc(CN5CC(C)(O)C5)cc4C(F)(F)F)C3=O)c2)CC1. The van der Waals surface area contributed by atoms with E-state index in [2.05, 4.69) is 10.2 Å². The fraction of sp³-hybridized carbons (Fsp3) is 0.444. The summed E-state index contributed by atoms with van der Waals surface area (Å²) >= 11 is 0. The second-order valence-electron chi connectivity index (χ2n) is 11.1. The minimum absolute atomic E-state index is 0.0242. The number of alkyl halides is 4. The lowest BCUT2D eigenvalue weighted by molar-refractivity contribution is -0.138. The minimum atomic E-state index is -4.63. The maximum absolute atomic E-state index is 15.6. The van der Waals surface area contributed by atoms with Crippen LogP contribution >= 0.6 is 0 Å². The average Bonchev–Trinajstić information content (AvgIpc) is 3.44. The van der Waals surface area contributed by atoms with Crippen LogP contribution in [0, 0.1) is 0 Å². The largest absolute Gasteiger partial charge is 0.416 e. The Bertz CT molecular complexity index is 1420. The van der Waals surface area contributed by atoms with Crippen molar-refractivity contribution >= 4 is 11.6 Å². The molecule has 1 saturated carbocycles. The Morgan fingerprint density at radius 3 is 2.50 bits per heavy atom. The first-order chi connectivity index (χ1) is 17.9. The molecule has 3 aliphatic rings. The number of hydrogen-bond donors (Lipinski definition) is 1. The minimum Gasteiger partial charge on any atom is -0.388 e. The zero-order chi connectivity index (χ0) is 27.0. The number of rotatable bonds is 6. The van der Waals surface area contributed by atoms with Crippen molar-refractivity contribution in [2.24, 2.45) is 7.05 Å². The highest BCUT2D eigenvalue weighted by molar-refractivity contribution is 6.10. The summed E-state index contributed by atoms with van der Waals surface area (Å²) in [5.41, 5.74) is -1.05. The Morgan fingerprint density at radius 1 is 1.16 bits per heavy atom. The summed E-state index contributed by atoms with van der Waals surface area (Å²) in [5, 5.41) is 17.7. The number of aryl methyl sites for hydroxylation is 1. The van der Waals surface area contributed by atoms with Crippen LogP contribution in [0.5, 0.6) is 0 Å². The van der Waals surface area contributed by atoms with Crippen molar-refractivity contribution in [3.05, 3.63) is 76.4 Å². The zero-order valence-electron chi connectivity index (χ0n) is 21.0. The van der Waals surface area contributed by atoms with E-state index in [4.69, 9.17) is 0 Å². The highest BCUT2D eigenvalue weighted by Gasteiger charge is 2.54. The molecule has 1 aliphatic carbocycles. The molecule has 0 bridgehead atoms. The first-order valence-corrected chi connectivity index (χ1v) is 12.5. The lowest BCUT2D eigenvalue weighted by Crippen LogP contribution is -2.59. The second kappa shape index (κ2) is 8.34. The van der Waals surface area contributed by atoms with E-state index in [0.717, 1.165) is 6.07 Å². The predicted octanol–water partition coefficient (Wildman–Crippen LogP) is 4.30. The second-order valence-corrected chi connectivity index (χ2v) is 11.1. The van der Waals surface area contributed by atoms with Gasteiger partial charge in [-0.2, -0.15) is 13.2 Å². The molecule has 0 spiro atoms. The van der Waals surface area contributed by atoms with Gasteiger partial charge in [-0.15, -0.1) is 10.2 Å². The van der Waals surface area contributed by atoms with Gasteiger partial charge >= 0.3 is 6.18 Å². The summed E-state index contributed by atoms with van der Waals surface area (Å²) in [5.74, 6) is -0.307. The third-order valence-electron chi connectivity index (χ3n) is 7.92. The Labute approximate surface area is 216 Å². The number of aliphatic hydroxyl groups is 1. The van der Waals surface area contributed by atoms with E-state index < -0.39 is 34.8 Å². The summed E-state index contributed by atoms with van der Waals surface area (Å²) in [7, 11) is 1.67. The van der Waals surface area contributed by atoms with Crippen LogP contribution in [0.2, 0.25) is 0 Å². The molecule has 3 aromatic rings. The molecule has 1 saturated heterocycles. The molecule has 0 radical (unpaired) electrons. The van der Waals surface area contributed by atoms with Crippen LogP contribution in [0.3, 0.4) is 0 Å². The van der Waals surface area contributed by atoms with Crippen LogP contribution in [0.1, 0.15) is 64.4 Å². The summed E-state index contributed by atoms with van der Waals surface area (Å²) in [6.07, 6.45) is -3.43. The van der Waals surface area contributed by atoms with E-state index in [9.17, 15) is 23.1 Å². The standard InChI is InChI=1S/C27H27F4N5O2/c1-25(38)13-35(14-25)11-16-8-19-20(21(9-16)27(29,30)31)12-36(24(19)37)18-5-3-4-17(10-18)26(6-7-26)22(28)23-33-32-15-34(23)2/h3-5,8-10,15,22,38H,6-7,11-14H2,1-2H3/t22-/m1/s1. The number of carbonyl (C=O) groups excluding carboxylic acids is 1. The van der Waals surface area contributed by atoms with Crippen molar-refractivity contribution in [2.45, 2.75) is 56.2 Å². The molecule has 2 aromatic carbocycles. The molecule has 38 heavy (non-hydrogen) atoms. The molecule has 1 atom stereocenters. The van der Waals surface area contributed by atoms with E-state index in [-0.39, 0.29) is 30.0 Å². The number of anilines is 1. The van der Waals surface area contributed by atoms with Crippen LogP contribution in [0.25, 0.3) is 0 Å². The van der Waals surface area contributed by atoms with E-state index in [1.165, 1.54) is 21.9 Å². The number of aromatic nitrogens is 3.